The van der Waals surface area contributed by atoms with Crippen LogP contribution in [-0.2, 0) is 19.6 Å². The van der Waals surface area contributed by atoms with E-state index in [4.69, 9.17) is 9.73 Å². The zero-order valence-electron chi connectivity index (χ0n) is 23.1. The summed E-state index contributed by atoms with van der Waals surface area (Å²) < 4.78 is 32.3. The number of aliphatic imine (C=N–C) groups is 1. The SMILES string of the molecule is CCCS(=O)(=O)N(CCN(C)C)c1ccc(N=C(c2ccccc2)C2C(=O)Nc3cc(C(=O)OC)ccc32)cc1. The number of benzene rings is 3. The van der Waals surface area contributed by atoms with E-state index in [9.17, 15) is 18.0 Å². The van der Waals surface area contributed by atoms with Gasteiger partial charge in [0.15, 0.2) is 0 Å². The summed E-state index contributed by atoms with van der Waals surface area (Å²) in [6, 6.07) is 21.4. The summed E-state index contributed by atoms with van der Waals surface area (Å²) in [5.41, 5.74) is 4.04. The number of hydrogen-bond donors (Lipinski definition) is 1. The Bertz CT molecular complexity index is 1500. The topological polar surface area (TPSA) is 108 Å². The number of nitrogens with zero attached hydrogens (tertiary/aromatic N) is 3. The first-order chi connectivity index (χ1) is 19.1. The average molecular weight is 563 g/mol. The van der Waals surface area contributed by atoms with Gasteiger partial charge in [-0.3, -0.25) is 14.1 Å². The highest BCUT2D eigenvalue weighted by Gasteiger charge is 2.36. The molecule has 0 saturated heterocycles. The van der Waals surface area contributed by atoms with Crippen LogP contribution in [0.15, 0.2) is 77.8 Å². The molecule has 1 aliphatic rings. The van der Waals surface area contributed by atoms with Gasteiger partial charge in [-0.1, -0.05) is 43.3 Å². The van der Waals surface area contributed by atoms with Crippen LogP contribution in [0.5, 0.6) is 0 Å². The molecule has 0 aromatic heterocycles. The molecule has 0 spiro atoms. The largest absolute Gasteiger partial charge is 0.465 e. The van der Waals surface area contributed by atoms with Crippen LogP contribution in [0.25, 0.3) is 0 Å². The Morgan fingerprint density at radius 1 is 0.975 bits per heavy atom. The molecule has 0 saturated carbocycles. The number of hydrogen-bond acceptors (Lipinski definition) is 7. The highest BCUT2D eigenvalue weighted by atomic mass is 32.2. The standard InChI is InChI=1S/C30H34N4O5S/c1-5-19-40(37,38)34(18-17-33(2)3)24-14-12-23(13-15-24)31-28(21-9-7-6-8-10-21)27-25-16-11-22(30(36)39-4)20-26(25)32-29(27)35/h6-16,20,27H,5,17-19H2,1-4H3,(H,32,35). The predicted octanol–water partition coefficient (Wildman–Crippen LogP) is 4.44. The van der Waals surface area contributed by atoms with Gasteiger partial charge < -0.3 is 15.0 Å². The summed E-state index contributed by atoms with van der Waals surface area (Å²) in [7, 11) is 1.64. The van der Waals surface area contributed by atoms with Gasteiger partial charge in [-0.25, -0.2) is 13.2 Å². The Morgan fingerprint density at radius 2 is 1.68 bits per heavy atom. The molecular weight excluding hydrogens is 528 g/mol. The molecule has 1 amide bonds. The monoisotopic (exact) mass is 562 g/mol. The second kappa shape index (κ2) is 12.4. The lowest BCUT2D eigenvalue weighted by molar-refractivity contribution is -0.115. The normalized spacial score (nSPS) is 15.1. The average Bonchev–Trinajstić information content (AvgIpc) is 3.26. The van der Waals surface area contributed by atoms with E-state index in [-0.39, 0.29) is 11.7 Å². The van der Waals surface area contributed by atoms with Gasteiger partial charge >= 0.3 is 5.97 Å². The van der Waals surface area contributed by atoms with Crippen molar-refractivity contribution in [1.29, 1.82) is 0 Å². The number of carbonyl (C=O) groups is 2. The van der Waals surface area contributed by atoms with Crippen LogP contribution in [0.2, 0.25) is 0 Å². The lowest BCUT2D eigenvalue weighted by Gasteiger charge is -2.26. The van der Waals surface area contributed by atoms with Gasteiger partial charge in [0.05, 0.1) is 35.5 Å². The summed E-state index contributed by atoms with van der Waals surface area (Å²) >= 11 is 0. The fraction of sp³-hybridized carbons (Fsp3) is 0.300. The molecule has 210 valence electrons. The van der Waals surface area contributed by atoms with Crippen molar-refractivity contribution in [1.82, 2.24) is 4.90 Å². The maximum absolute atomic E-state index is 13.2. The van der Waals surface area contributed by atoms with Crippen LogP contribution >= 0.6 is 0 Å². The minimum Gasteiger partial charge on any atom is -0.465 e. The predicted molar refractivity (Wildman–Crippen MR) is 158 cm³/mol. The zero-order chi connectivity index (χ0) is 28.9. The van der Waals surface area contributed by atoms with Crippen LogP contribution in [-0.4, -0.2) is 71.0 Å². The number of rotatable bonds is 11. The number of likely N-dealkylation sites (N-methyl/N-ethyl adjacent to an activating group) is 1. The minimum absolute atomic E-state index is 0.0619. The molecule has 1 N–H and O–H groups in total. The molecule has 0 fully saturated rings. The summed E-state index contributed by atoms with van der Waals surface area (Å²) in [5, 5.41) is 2.87. The maximum atomic E-state index is 13.2. The van der Waals surface area contributed by atoms with E-state index >= 15 is 0 Å². The van der Waals surface area contributed by atoms with Crippen molar-refractivity contribution in [3.63, 3.8) is 0 Å². The van der Waals surface area contributed by atoms with Crippen molar-refractivity contribution >= 4 is 44.7 Å². The first kappa shape index (κ1) is 29.0. The number of methoxy groups -OCH3 is 1. The molecular formula is C30H34N4O5S. The second-order valence-electron chi connectivity index (χ2n) is 9.79. The molecule has 10 heteroatoms. The molecule has 3 aromatic rings. The third-order valence-corrected chi connectivity index (χ3v) is 8.57. The molecule has 0 radical (unpaired) electrons. The molecule has 0 bridgehead atoms. The van der Waals surface area contributed by atoms with Gasteiger partial charge in [0.25, 0.3) is 0 Å². The summed E-state index contributed by atoms with van der Waals surface area (Å²) in [6.07, 6.45) is 0.523. The maximum Gasteiger partial charge on any atom is 0.337 e. The molecule has 40 heavy (non-hydrogen) atoms. The number of fused-ring (bicyclic) bond motifs is 1. The molecule has 3 aromatic carbocycles. The fourth-order valence-corrected chi connectivity index (χ4v) is 6.14. The molecule has 4 rings (SSSR count). The van der Waals surface area contributed by atoms with Crippen molar-refractivity contribution in [3.8, 4) is 0 Å². The lowest BCUT2D eigenvalue weighted by Crippen LogP contribution is -2.38. The van der Waals surface area contributed by atoms with Crippen molar-refractivity contribution in [2.45, 2.75) is 19.3 Å². The first-order valence-electron chi connectivity index (χ1n) is 13.1. The van der Waals surface area contributed by atoms with E-state index in [1.165, 1.54) is 11.4 Å². The number of ether oxygens (including phenoxy) is 1. The smallest absolute Gasteiger partial charge is 0.337 e. The van der Waals surface area contributed by atoms with Crippen LogP contribution in [0, 0.1) is 0 Å². The van der Waals surface area contributed by atoms with Crippen LogP contribution in [0.4, 0.5) is 17.1 Å². The van der Waals surface area contributed by atoms with Gasteiger partial charge in [0, 0.05) is 18.8 Å². The molecule has 9 nitrogen and oxygen atoms in total. The van der Waals surface area contributed by atoms with Crippen LogP contribution in [0.1, 0.15) is 40.7 Å². The highest BCUT2D eigenvalue weighted by Crippen LogP contribution is 2.37. The van der Waals surface area contributed by atoms with E-state index in [0.717, 1.165) is 5.56 Å². The third-order valence-electron chi connectivity index (χ3n) is 6.58. The van der Waals surface area contributed by atoms with E-state index in [1.807, 2.05) is 56.3 Å². The van der Waals surface area contributed by atoms with Gasteiger partial charge in [-0.15, -0.1) is 0 Å². The van der Waals surface area contributed by atoms with Crippen LogP contribution < -0.4 is 9.62 Å². The van der Waals surface area contributed by atoms with Crippen molar-refractivity contribution in [2.75, 3.05) is 49.7 Å². The second-order valence-corrected chi connectivity index (χ2v) is 11.8. The van der Waals surface area contributed by atoms with Crippen molar-refractivity contribution in [2.24, 2.45) is 4.99 Å². The fourth-order valence-electron chi connectivity index (χ4n) is 4.60. The number of amides is 1. The number of sulfonamides is 1. The number of nitrogens with one attached hydrogen (secondary N) is 1. The number of anilines is 2. The van der Waals surface area contributed by atoms with Crippen molar-refractivity contribution in [3.05, 3.63) is 89.5 Å². The third kappa shape index (κ3) is 6.40. The van der Waals surface area contributed by atoms with Gasteiger partial charge in [0.2, 0.25) is 15.9 Å². The van der Waals surface area contributed by atoms with Gasteiger partial charge in [-0.05, 0) is 68.0 Å². The molecule has 0 aliphatic carbocycles. The quantitative estimate of drug-likeness (QED) is 0.274. The van der Waals surface area contributed by atoms with E-state index in [2.05, 4.69) is 5.32 Å². The van der Waals surface area contributed by atoms with E-state index in [0.29, 0.717) is 53.4 Å². The van der Waals surface area contributed by atoms with E-state index in [1.54, 1.807) is 42.5 Å². The molecule has 1 heterocycles. The highest BCUT2D eigenvalue weighted by molar-refractivity contribution is 7.92. The summed E-state index contributed by atoms with van der Waals surface area (Å²) in [6.45, 7) is 2.76. The van der Waals surface area contributed by atoms with Gasteiger partial charge in [0.1, 0.15) is 5.92 Å². The van der Waals surface area contributed by atoms with E-state index < -0.39 is 21.9 Å². The number of esters is 1. The Kier molecular flexibility index (Phi) is 9.01. The summed E-state index contributed by atoms with van der Waals surface area (Å²) in [5.74, 6) is -1.38. The lowest BCUT2D eigenvalue weighted by atomic mass is 9.90. The van der Waals surface area contributed by atoms with Crippen molar-refractivity contribution < 1.29 is 22.7 Å². The molecule has 1 atom stereocenters. The number of carbonyl (C=O) groups excluding carboxylic acids is 2. The summed E-state index contributed by atoms with van der Waals surface area (Å²) in [4.78, 5) is 32.1. The Morgan fingerprint density at radius 3 is 2.30 bits per heavy atom. The van der Waals surface area contributed by atoms with Crippen LogP contribution in [0.3, 0.4) is 0 Å². The minimum atomic E-state index is -3.48. The Balaban J connectivity index is 1.74. The Hall–Kier alpha value is -4.02. The zero-order valence-corrected chi connectivity index (χ0v) is 23.9. The molecule has 1 aliphatic heterocycles. The molecule has 1 unspecified atom stereocenters. The first-order valence-corrected chi connectivity index (χ1v) is 14.7. The van der Waals surface area contributed by atoms with Gasteiger partial charge in [-0.2, -0.15) is 0 Å². The Labute approximate surface area is 235 Å².